The Kier molecular flexibility index (Phi) is 2.53. The van der Waals surface area contributed by atoms with Gasteiger partial charge in [-0.05, 0) is 30.4 Å². The number of aromatic nitrogens is 2. The van der Waals surface area contributed by atoms with Gasteiger partial charge in [0.25, 0.3) is 0 Å². The number of H-pyrrole nitrogens is 1. The molecule has 0 fully saturated rings. The topological polar surface area (TPSA) is 44.0 Å². The van der Waals surface area contributed by atoms with Crippen molar-refractivity contribution in [3.63, 3.8) is 0 Å². The molecule has 2 N–H and O–H groups in total. The smallest absolute Gasteiger partial charge is 0.174 e. The minimum Gasteiger partial charge on any atom is -0.362 e. The van der Waals surface area contributed by atoms with E-state index in [2.05, 4.69) is 20.2 Å². The van der Waals surface area contributed by atoms with Crippen molar-refractivity contribution in [2.24, 2.45) is 0 Å². The molecule has 2 aromatic rings. The normalized spacial score (nSPS) is 14.4. The molecule has 1 aliphatic rings. The second-order valence-corrected chi connectivity index (χ2v) is 4.29. The molecular formula is C12H12N4S. The Bertz CT molecular complexity index is 534. The summed E-state index contributed by atoms with van der Waals surface area (Å²) in [5, 5.41) is 3.95. The lowest BCUT2D eigenvalue weighted by Gasteiger charge is -2.30. The summed E-state index contributed by atoms with van der Waals surface area (Å²) in [5.41, 5.74) is 3.31. The highest BCUT2D eigenvalue weighted by molar-refractivity contribution is 7.80. The number of hydrogen-bond donors (Lipinski definition) is 2. The second kappa shape index (κ2) is 4.18. The molecule has 5 heteroatoms. The Morgan fingerprint density at radius 2 is 2.29 bits per heavy atom. The third kappa shape index (κ3) is 1.89. The van der Waals surface area contributed by atoms with E-state index >= 15 is 0 Å². The minimum absolute atomic E-state index is 0.692. The van der Waals surface area contributed by atoms with Crippen molar-refractivity contribution in [3.8, 4) is 0 Å². The third-order valence-electron chi connectivity index (χ3n) is 2.81. The molecule has 3 heterocycles. The number of pyridine rings is 1. The van der Waals surface area contributed by atoms with Gasteiger partial charge in [0.2, 0.25) is 0 Å². The van der Waals surface area contributed by atoms with Gasteiger partial charge in [0.15, 0.2) is 5.11 Å². The largest absolute Gasteiger partial charge is 0.362 e. The third-order valence-corrected chi connectivity index (χ3v) is 3.17. The molecule has 4 nitrogen and oxygen atoms in total. The lowest BCUT2D eigenvalue weighted by molar-refractivity contribution is 0.808. The van der Waals surface area contributed by atoms with Crippen LogP contribution in [0.25, 0.3) is 0 Å². The van der Waals surface area contributed by atoms with E-state index in [1.807, 2.05) is 30.5 Å². The van der Waals surface area contributed by atoms with Crippen LogP contribution in [-0.2, 0) is 13.1 Å². The number of fused-ring (bicyclic) bond motifs is 1. The van der Waals surface area contributed by atoms with E-state index < -0.39 is 0 Å². The van der Waals surface area contributed by atoms with Gasteiger partial charge in [-0.15, -0.1) is 0 Å². The Labute approximate surface area is 105 Å². The number of nitrogens with one attached hydrogen (secondary N) is 2. The van der Waals surface area contributed by atoms with E-state index in [1.54, 1.807) is 6.20 Å². The highest BCUT2D eigenvalue weighted by Gasteiger charge is 2.21. The zero-order chi connectivity index (χ0) is 11.7. The second-order valence-electron chi connectivity index (χ2n) is 3.91. The average molecular weight is 244 g/mol. The Morgan fingerprint density at radius 3 is 3.12 bits per heavy atom. The van der Waals surface area contributed by atoms with Crippen molar-refractivity contribution in [1.82, 2.24) is 15.3 Å². The van der Waals surface area contributed by atoms with Crippen LogP contribution in [0.1, 0.15) is 11.4 Å². The Balaban J connectivity index is 1.91. The van der Waals surface area contributed by atoms with Crippen molar-refractivity contribution in [1.29, 1.82) is 0 Å². The summed E-state index contributed by atoms with van der Waals surface area (Å²) in [7, 11) is 0. The Hall–Kier alpha value is -1.88. The van der Waals surface area contributed by atoms with Crippen molar-refractivity contribution >= 4 is 23.0 Å². The molecule has 0 atom stereocenters. The maximum Gasteiger partial charge on any atom is 0.174 e. The van der Waals surface area contributed by atoms with Gasteiger partial charge in [-0.3, -0.25) is 4.98 Å². The predicted molar refractivity (Wildman–Crippen MR) is 70.7 cm³/mol. The molecule has 0 unspecified atom stereocenters. The standard InChI is InChI=1S/C12H12N4S/c17-12-15-7-10-11(4-6-14-10)16(12)8-9-3-1-2-5-13-9/h1-6,14H,7-8H2,(H,15,17). The van der Waals surface area contributed by atoms with Gasteiger partial charge in [-0.1, -0.05) is 6.07 Å². The van der Waals surface area contributed by atoms with Crippen molar-refractivity contribution in [2.45, 2.75) is 13.1 Å². The summed E-state index contributed by atoms with van der Waals surface area (Å²) in [4.78, 5) is 9.60. The van der Waals surface area contributed by atoms with Gasteiger partial charge >= 0.3 is 0 Å². The first-order chi connectivity index (χ1) is 8.34. The number of thiocarbonyl (C=S) groups is 1. The predicted octanol–water partition coefficient (Wildman–Crippen LogP) is 1.80. The minimum atomic E-state index is 0.692. The van der Waals surface area contributed by atoms with Crippen molar-refractivity contribution in [2.75, 3.05) is 4.90 Å². The SMILES string of the molecule is S=C1NCc2[nH]ccc2N1Cc1ccccn1. The number of nitrogens with zero attached hydrogens (tertiary/aromatic N) is 2. The van der Waals surface area contributed by atoms with Crippen LogP contribution >= 0.6 is 12.2 Å². The van der Waals surface area contributed by atoms with Crippen LogP contribution in [0.5, 0.6) is 0 Å². The van der Waals surface area contributed by atoms with E-state index in [4.69, 9.17) is 12.2 Å². The van der Waals surface area contributed by atoms with Gasteiger partial charge in [0, 0.05) is 12.4 Å². The number of hydrogen-bond acceptors (Lipinski definition) is 2. The Morgan fingerprint density at radius 1 is 1.35 bits per heavy atom. The number of anilines is 1. The fraction of sp³-hybridized carbons (Fsp3) is 0.167. The molecule has 0 saturated carbocycles. The zero-order valence-corrected chi connectivity index (χ0v) is 10.00. The summed E-state index contributed by atoms with van der Waals surface area (Å²) in [5.74, 6) is 0. The monoisotopic (exact) mass is 244 g/mol. The molecule has 0 radical (unpaired) electrons. The van der Waals surface area contributed by atoms with Gasteiger partial charge < -0.3 is 15.2 Å². The molecule has 0 saturated heterocycles. The maximum absolute atomic E-state index is 5.34. The molecule has 1 aliphatic heterocycles. The molecule has 0 aromatic carbocycles. The first kappa shape index (κ1) is 10.3. The summed E-state index contributed by atoms with van der Waals surface area (Å²) < 4.78 is 0. The van der Waals surface area contributed by atoms with E-state index in [9.17, 15) is 0 Å². The highest BCUT2D eigenvalue weighted by atomic mass is 32.1. The van der Waals surface area contributed by atoms with Gasteiger partial charge in [0.05, 0.1) is 30.2 Å². The van der Waals surface area contributed by atoms with Crippen LogP contribution in [0.15, 0.2) is 36.7 Å². The van der Waals surface area contributed by atoms with Crippen LogP contribution in [0.2, 0.25) is 0 Å². The van der Waals surface area contributed by atoms with E-state index in [1.165, 1.54) is 0 Å². The van der Waals surface area contributed by atoms with Gasteiger partial charge in [-0.25, -0.2) is 0 Å². The summed E-state index contributed by atoms with van der Waals surface area (Å²) in [6.07, 6.45) is 3.74. The summed E-state index contributed by atoms with van der Waals surface area (Å²) in [6, 6.07) is 7.95. The van der Waals surface area contributed by atoms with Crippen LogP contribution in [0.3, 0.4) is 0 Å². The first-order valence-electron chi connectivity index (χ1n) is 5.46. The fourth-order valence-electron chi connectivity index (χ4n) is 1.97. The molecule has 0 amide bonds. The van der Waals surface area contributed by atoms with E-state index in [0.717, 1.165) is 28.7 Å². The zero-order valence-electron chi connectivity index (χ0n) is 9.18. The molecule has 0 bridgehead atoms. The molecule has 3 rings (SSSR count). The van der Waals surface area contributed by atoms with Gasteiger partial charge in [-0.2, -0.15) is 0 Å². The lowest BCUT2D eigenvalue weighted by atomic mass is 10.2. The average Bonchev–Trinajstić information content (AvgIpc) is 2.83. The molecule has 86 valence electrons. The molecule has 0 spiro atoms. The summed E-state index contributed by atoms with van der Waals surface area (Å²) in [6.45, 7) is 1.46. The number of aromatic amines is 1. The molecule has 2 aromatic heterocycles. The quantitative estimate of drug-likeness (QED) is 0.791. The van der Waals surface area contributed by atoms with E-state index in [-0.39, 0.29) is 0 Å². The number of rotatable bonds is 2. The maximum atomic E-state index is 5.34. The van der Waals surface area contributed by atoms with E-state index in [0.29, 0.717) is 6.54 Å². The van der Waals surface area contributed by atoms with Crippen LogP contribution in [0, 0.1) is 0 Å². The van der Waals surface area contributed by atoms with Crippen molar-refractivity contribution < 1.29 is 0 Å². The fourth-order valence-corrected chi connectivity index (χ4v) is 2.20. The molecule has 17 heavy (non-hydrogen) atoms. The molecule has 0 aliphatic carbocycles. The van der Waals surface area contributed by atoms with Crippen molar-refractivity contribution in [3.05, 3.63) is 48.0 Å². The lowest BCUT2D eigenvalue weighted by Crippen LogP contribution is -2.43. The molecular weight excluding hydrogens is 232 g/mol. The first-order valence-corrected chi connectivity index (χ1v) is 5.87. The van der Waals surface area contributed by atoms with Crippen LogP contribution in [0.4, 0.5) is 5.69 Å². The van der Waals surface area contributed by atoms with Crippen LogP contribution in [-0.4, -0.2) is 15.1 Å². The van der Waals surface area contributed by atoms with Gasteiger partial charge in [0.1, 0.15) is 0 Å². The highest BCUT2D eigenvalue weighted by Crippen LogP contribution is 2.24. The summed E-state index contributed by atoms with van der Waals surface area (Å²) >= 11 is 5.34. The van der Waals surface area contributed by atoms with Crippen LogP contribution < -0.4 is 10.2 Å².